The number of nitrogens with zero attached hydrogens (tertiary/aromatic N) is 2. The van der Waals surface area contributed by atoms with E-state index in [1.165, 1.54) is 0 Å². The molecule has 1 amide bonds. The van der Waals surface area contributed by atoms with E-state index in [-0.39, 0.29) is 26.1 Å². The highest BCUT2D eigenvalue weighted by Gasteiger charge is 2.64. The Morgan fingerprint density at radius 3 is 2.52 bits per heavy atom. The first-order chi connectivity index (χ1) is 12.7. The summed E-state index contributed by atoms with van der Waals surface area (Å²) in [6.07, 6.45) is -4.18. The SMILES string of the molecule is O=C(O)C1CCCN(C(=O)C2(C(F)(F)F)CCN(Cc3ccccc3)C2)C1. The highest BCUT2D eigenvalue weighted by atomic mass is 19.4. The number of likely N-dealkylation sites (tertiary alicyclic amines) is 2. The fourth-order valence-corrected chi connectivity index (χ4v) is 4.06. The standard InChI is InChI=1S/C19H23F3N2O3/c20-19(21,22)18(17(27)24-9-4-7-15(12-24)16(25)26)8-10-23(13-18)11-14-5-2-1-3-6-14/h1-3,5-6,15H,4,7-13H2,(H,25,26). The van der Waals surface area contributed by atoms with Crippen LogP contribution in [-0.4, -0.2) is 59.1 Å². The van der Waals surface area contributed by atoms with Crippen molar-refractivity contribution in [3.63, 3.8) is 0 Å². The quantitative estimate of drug-likeness (QED) is 0.867. The van der Waals surface area contributed by atoms with E-state index in [2.05, 4.69) is 0 Å². The Kier molecular flexibility index (Phi) is 5.46. The van der Waals surface area contributed by atoms with Gasteiger partial charge in [0.05, 0.1) is 5.92 Å². The molecule has 2 aliphatic rings. The fraction of sp³-hybridized carbons (Fsp3) is 0.579. The first-order valence-electron chi connectivity index (χ1n) is 9.08. The van der Waals surface area contributed by atoms with Crippen molar-refractivity contribution in [1.82, 2.24) is 9.80 Å². The lowest BCUT2D eigenvalue weighted by molar-refractivity contribution is -0.224. The van der Waals surface area contributed by atoms with E-state index in [9.17, 15) is 22.8 Å². The van der Waals surface area contributed by atoms with E-state index < -0.39 is 35.9 Å². The molecule has 2 saturated heterocycles. The second-order valence-corrected chi connectivity index (χ2v) is 7.45. The lowest BCUT2D eigenvalue weighted by Gasteiger charge is -2.39. The highest BCUT2D eigenvalue weighted by Crippen LogP contribution is 2.47. The minimum Gasteiger partial charge on any atom is -0.481 e. The van der Waals surface area contributed by atoms with Crippen LogP contribution in [0.2, 0.25) is 0 Å². The third-order valence-electron chi connectivity index (χ3n) is 5.61. The molecule has 2 fully saturated rings. The smallest absolute Gasteiger partial charge is 0.404 e. The Hall–Kier alpha value is -2.09. The van der Waals surface area contributed by atoms with Crippen LogP contribution in [0.25, 0.3) is 0 Å². The molecule has 1 aromatic rings. The molecule has 2 heterocycles. The number of carboxylic acid groups (broad SMARTS) is 1. The molecular weight excluding hydrogens is 361 g/mol. The van der Waals surface area contributed by atoms with Gasteiger partial charge in [0.15, 0.2) is 5.41 Å². The number of carbonyl (C=O) groups is 2. The number of hydrogen-bond acceptors (Lipinski definition) is 3. The van der Waals surface area contributed by atoms with Crippen LogP contribution in [0.5, 0.6) is 0 Å². The van der Waals surface area contributed by atoms with Crippen molar-refractivity contribution in [3.8, 4) is 0 Å². The van der Waals surface area contributed by atoms with Gasteiger partial charge >= 0.3 is 12.1 Å². The third-order valence-corrected chi connectivity index (χ3v) is 5.61. The van der Waals surface area contributed by atoms with Crippen LogP contribution < -0.4 is 0 Å². The molecule has 1 N–H and O–H groups in total. The van der Waals surface area contributed by atoms with Gasteiger partial charge in [-0.25, -0.2) is 0 Å². The van der Waals surface area contributed by atoms with Gasteiger partial charge in [0.1, 0.15) is 0 Å². The molecule has 2 atom stereocenters. The van der Waals surface area contributed by atoms with Crippen LogP contribution >= 0.6 is 0 Å². The summed E-state index contributed by atoms with van der Waals surface area (Å²) < 4.78 is 42.0. The Balaban J connectivity index is 1.78. The van der Waals surface area contributed by atoms with Crippen molar-refractivity contribution in [2.24, 2.45) is 11.3 Å². The van der Waals surface area contributed by atoms with Gasteiger partial charge in [0.25, 0.3) is 0 Å². The zero-order chi connectivity index (χ0) is 19.7. The van der Waals surface area contributed by atoms with Gasteiger partial charge in [0, 0.05) is 26.2 Å². The summed E-state index contributed by atoms with van der Waals surface area (Å²) in [4.78, 5) is 26.9. The van der Waals surface area contributed by atoms with Gasteiger partial charge in [-0.05, 0) is 31.4 Å². The number of carboxylic acids is 1. The fourth-order valence-electron chi connectivity index (χ4n) is 4.06. The van der Waals surface area contributed by atoms with E-state index in [1.807, 2.05) is 30.3 Å². The van der Waals surface area contributed by atoms with Crippen molar-refractivity contribution in [1.29, 1.82) is 0 Å². The second kappa shape index (κ2) is 7.50. The molecule has 8 heteroatoms. The highest BCUT2D eigenvalue weighted by molar-refractivity contribution is 5.85. The maximum Gasteiger partial charge on any atom is 0.404 e. The summed E-state index contributed by atoms with van der Waals surface area (Å²) in [6.45, 7) is 0.169. The summed E-state index contributed by atoms with van der Waals surface area (Å²) in [5, 5.41) is 9.16. The van der Waals surface area contributed by atoms with E-state index in [4.69, 9.17) is 5.11 Å². The average Bonchev–Trinajstić information content (AvgIpc) is 3.07. The minimum atomic E-state index is -4.67. The predicted molar refractivity (Wildman–Crippen MR) is 91.8 cm³/mol. The Labute approximate surface area is 155 Å². The van der Waals surface area contributed by atoms with Crippen LogP contribution in [0.1, 0.15) is 24.8 Å². The first-order valence-corrected chi connectivity index (χ1v) is 9.08. The Morgan fingerprint density at radius 1 is 1.19 bits per heavy atom. The molecule has 0 bridgehead atoms. The molecule has 0 radical (unpaired) electrons. The van der Waals surface area contributed by atoms with E-state index in [0.29, 0.717) is 19.4 Å². The van der Waals surface area contributed by atoms with Gasteiger partial charge < -0.3 is 10.0 Å². The summed E-state index contributed by atoms with van der Waals surface area (Å²) in [5.74, 6) is -2.84. The van der Waals surface area contributed by atoms with Gasteiger partial charge in [-0.1, -0.05) is 30.3 Å². The van der Waals surface area contributed by atoms with Gasteiger partial charge in [-0.2, -0.15) is 13.2 Å². The number of aliphatic carboxylic acids is 1. The molecule has 0 spiro atoms. The summed E-state index contributed by atoms with van der Waals surface area (Å²) in [7, 11) is 0. The molecule has 1 aromatic carbocycles. The van der Waals surface area contributed by atoms with E-state index in [0.717, 1.165) is 10.5 Å². The first kappa shape index (κ1) is 19.7. The van der Waals surface area contributed by atoms with Crippen LogP contribution in [0.4, 0.5) is 13.2 Å². The average molecular weight is 384 g/mol. The van der Waals surface area contributed by atoms with Crippen LogP contribution in [0.3, 0.4) is 0 Å². The third kappa shape index (κ3) is 3.95. The van der Waals surface area contributed by atoms with Crippen molar-refractivity contribution in [2.75, 3.05) is 26.2 Å². The number of rotatable bonds is 4. The van der Waals surface area contributed by atoms with Crippen LogP contribution in [0.15, 0.2) is 30.3 Å². The minimum absolute atomic E-state index is 0.148. The van der Waals surface area contributed by atoms with Crippen molar-refractivity contribution in [3.05, 3.63) is 35.9 Å². The van der Waals surface area contributed by atoms with Crippen molar-refractivity contribution >= 4 is 11.9 Å². The molecule has 0 aromatic heterocycles. The number of carbonyl (C=O) groups excluding carboxylic acids is 1. The topological polar surface area (TPSA) is 60.9 Å². The molecule has 2 unspecified atom stereocenters. The van der Waals surface area contributed by atoms with Gasteiger partial charge in [-0.15, -0.1) is 0 Å². The number of amides is 1. The molecular formula is C19H23F3N2O3. The number of benzene rings is 1. The van der Waals surface area contributed by atoms with Gasteiger partial charge in [-0.3, -0.25) is 14.5 Å². The van der Waals surface area contributed by atoms with E-state index in [1.54, 1.807) is 4.90 Å². The molecule has 3 rings (SSSR count). The number of halogens is 3. The number of alkyl halides is 3. The molecule has 148 valence electrons. The largest absolute Gasteiger partial charge is 0.481 e. The zero-order valence-electron chi connectivity index (χ0n) is 14.9. The Morgan fingerprint density at radius 2 is 1.89 bits per heavy atom. The summed E-state index contributed by atoms with van der Waals surface area (Å²) >= 11 is 0. The van der Waals surface area contributed by atoms with Crippen molar-refractivity contribution < 1.29 is 27.9 Å². The number of hydrogen-bond donors (Lipinski definition) is 1. The zero-order valence-corrected chi connectivity index (χ0v) is 14.9. The normalized spacial score (nSPS) is 26.9. The molecule has 5 nitrogen and oxygen atoms in total. The summed E-state index contributed by atoms with van der Waals surface area (Å²) in [6, 6.07) is 9.18. The molecule has 0 aliphatic carbocycles. The second-order valence-electron chi connectivity index (χ2n) is 7.45. The maximum atomic E-state index is 14.0. The molecule has 2 aliphatic heterocycles. The van der Waals surface area contributed by atoms with Crippen LogP contribution in [-0.2, 0) is 16.1 Å². The monoisotopic (exact) mass is 384 g/mol. The van der Waals surface area contributed by atoms with Gasteiger partial charge in [0.2, 0.25) is 5.91 Å². The van der Waals surface area contributed by atoms with Crippen LogP contribution in [0, 0.1) is 11.3 Å². The molecule has 27 heavy (non-hydrogen) atoms. The lowest BCUT2D eigenvalue weighted by atomic mass is 9.83. The lowest BCUT2D eigenvalue weighted by Crippen LogP contribution is -2.56. The van der Waals surface area contributed by atoms with Crippen molar-refractivity contribution in [2.45, 2.75) is 32.0 Å². The van der Waals surface area contributed by atoms with E-state index >= 15 is 0 Å². The molecule has 0 saturated carbocycles. The predicted octanol–water partition coefficient (Wildman–Crippen LogP) is 2.76. The maximum absolute atomic E-state index is 14.0. The Bertz CT molecular complexity index is 695. The number of piperidine rings is 1. The summed E-state index contributed by atoms with van der Waals surface area (Å²) in [5.41, 5.74) is -1.56.